The molecule has 26 heavy (non-hydrogen) atoms. The van der Waals surface area contributed by atoms with Crippen molar-refractivity contribution in [3.8, 4) is 0 Å². The van der Waals surface area contributed by atoms with Crippen LogP contribution in [0.3, 0.4) is 0 Å². The molecule has 1 aromatic heterocycles. The smallest absolute Gasteiger partial charge is 0.313 e. The number of likely N-dealkylation sites (N-methyl/N-ethyl adjacent to an activating group) is 1. The number of aromatic nitrogens is 2. The van der Waals surface area contributed by atoms with Crippen LogP contribution in [-0.4, -0.2) is 34.7 Å². The van der Waals surface area contributed by atoms with Crippen LogP contribution >= 0.6 is 0 Å². The summed E-state index contributed by atoms with van der Waals surface area (Å²) >= 11 is 0. The molecule has 0 radical (unpaired) electrons. The van der Waals surface area contributed by atoms with Gasteiger partial charge in [0, 0.05) is 12.7 Å². The van der Waals surface area contributed by atoms with Crippen molar-refractivity contribution in [2.75, 3.05) is 11.9 Å². The number of nitrogens with one attached hydrogen (secondary N) is 2. The Morgan fingerprint density at radius 3 is 2.42 bits per heavy atom. The number of amides is 1. The molecule has 0 aliphatic rings. The first-order chi connectivity index (χ1) is 12.5. The SMILES string of the molecule is CC(=O)C(N=Nc1ccc2[nH]c(=O)[nH]c2c1)C(=O)N(C)c1ccccc1. The van der Waals surface area contributed by atoms with Gasteiger partial charge in [0.05, 0.1) is 16.7 Å². The third-order valence-electron chi connectivity index (χ3n) is 3.88. The standard InChI is InChI=1S/C18H17N5O3/c1-11(24)16(17(25)23(2)13-6-4-3-5-7-13)22-21-12-8-9-14-15(10-12)20-18(26)19-14/h3-10,16H,1-2H3,(H2,19,20,26). The molecule has 0 saturated heterocycles. The molecule has 0 aliphatic heterocycles. The lowest BCUT2D eigenvalue weighted by Gasteiger charge is -2.19. The number of carbonyl (C=O) groups is 2. The number of benzene rings is 2. The van der Waals surface area contributed by atoms with E-state index in [0.29, 0.717) is 22.4 Å². The minimum absolute atomic E-state index is 0.324. The van der Waals surface area contributed by atoms with Crippen LogP contribution < -0.4 is 10.6 Å². The Hall–Kier alpha value is -3.55. The molecule has 0 spiro atoms. The van der Waals surface area contributed by atoms with E-state index in [0.717, 1.165) is 0 Å². The van der Waals surface area contributed by atoms with E-state index in [9.17, 15) is 14.4 Å². The minimum Gasteiger partial charge on any atom is -0.313 e. The number of hydrogen-bond acceptors (Lipinski definition) is 5. The Kier molecular flexibility index (Phi) is 4.74. The van der Waals surface area contributed by atoms with Crippen LogP contribution in [0.4, 0.5) is 11.4 Å². The van der Waals surface area contributed by atoms with Crippen LogP contribution in [0.1, 0.15) is 6.92 Å². The molecule has 0 saturated carbocycles. The summed E-state index contributed by atoms with van der Waals surface area (Å²) in [6.07, 6.45) is 0. The van der Waals surface area contributed by atoms with E-state index in [1.165, 1.54) is 11.8 Å². The molecule has 8 heteroatoms. The number of hydrogen-bond donors (Lipinski definition) is 2. The number of rotatable bonds is 5. The molecule has 132 valence electrons. The van der Waals surface area contributed by atoms with E-state index in [4.69, 9.17) is 0 Å². The summed E-state index contributed by atoms with van der Waals surface area (Å²) in [7, 11) is 1.58. The number of imidazole rings is 1. The molecule has 1 unspecified atom stereocenters. The number of Topliss-reactive ketones (excluding diaryl/α,β-unsaturated/α-hetero) is 1. The quantitative estimate of drug-likeness (QED) is 0.544. The van der Waals surface area contributed by atoms with Gasteiger partial charge in [-0.25, -0.2) is 4.79 Å². The van der Waals surface area contributed by atoms with Crippen molar-refractivity contribution in [2.45, 2.75) is 13.0 Å². The Morgan fingerprint density at radius 2 is 1.73 bits per heavy atom. The van der Waals surface area contributed by atoms with E-state index in [2.05, 4.69) is 20.2 Å². The predicted molar refractivity (Wildman–Crippen MR) is 97.8 cm³/mol. The lowest BCUT2D eigenvalue weighted by atomic mass is 10.2. The van der Waals surface area contributed by atoms with Gasteiger partial charge in [0.2, 0.25) is 6.04 Å². The van der Waals surface area contributed by atoms with Gasteiger partial charge in [-0.05, 0) is 37.3 Å². The number of aromatic amines is 2. The van der Waals surface area contributed by atoms with Crippen molar-refractivity contribution in [1.29, 1.82) is 0 Å². The molecule has 0 fully saturated rings. The van der Waals surface area contributed by atoms with E-state index in [1.807, 2.05) is 6.07 Å². The molecular weight excluding hydrogens is 334 g/mol. The van der Waals surface area contributed by atoms with Crippen molar-refractivity contribution in [2.24, 2.45) is 10.2 Å². The lowest BCUT2D eigenvalue weighted by molar-refractivity contribution is -0.127. The van der Waals surface area contributed by atoms with Crippen molar-refractivity contribution in [1.82, 2.24) is 9.97 Å². The van der Waals surface area contributed by atoms with Gasteiger partial charge in [-0.15, -0.1) is 0 Å². The van der Waals surface area contributed by atoms with E-state index >= 15 is 0 Å². The van der Waals surface area contributed by atoms with E-state index in [1.54, 1.807) is 49.5 Å². The molecule has 3 rings (SSSR count). The number of ketones is 1. The second kappa shape index (κ2) is 7.14. The highest BCUT2D eigenvalue weighted by Crippen LogP contribution is 2.19. The third kappa shape index (κ3) is 3.59. The van der Waals surface area contributed by atoms with E-state index in [-0.39, 0.29) is 5.69 Å². The van der Waals surface area contributed by atoms with Crippen LogP contribution in [-0.2, 0) is 9.59 Å². The Labute approximate surface area is 148 Å². The zero-order chi connectivity index (χ0) is 18.7. The first kappa shape index (κ1) is 17.3. The summed E-state index contributed by atoms with van der Waals surface area (Å²) < 4.78 is 0. The molecule has 1 atom stereocenters. The molecule has 2 aromatic carbocycles. The van der Waals surface area contributed by atoms with Gasteiger partial charge in [0.25, 0.3) is 5.91 Å². The van der Waals surface area contributed by atoms with Gasteiger partial charge >= 0.3 is 5.69 Å². The van der Waals surface area contributed by atoms with Crippen LogP contribution in [0.5, 0.6) is 0 Å². The van der Waals surface area contributed by atoms with Crippen LogP contribution in [0, 0.1) is 0 Å². The fourth-order valence-electron chi connectivity index (χ4n) is 2.47. The number of carbonyl (C=O) groups excluding carboxylic acids is 2. The number of nitrogens with zero attached hydrogens (tertiary/aromatic N) is 3. The highest BCUT2D eigenvalue weighted by atomic mass is 16.2. The number of fused-ring (bicyclic) bond motifs is 1. The summed E-state index contributed by atoms with van der Waals surface area (Å²) in [5.41, 5.74) is 1.96. The Balaban J connectivity index is 1.85. The fourth-order valence-corrected chi connectivity index (χ4v) is 2.47. The number of H-pyrrole nitrogens is 2. The predicted octanol–water partition coefficient (Wildman–Crippen LogP) is 2.56. The second-order valence-corrected chi connectivity index (χ2v) is 5.77. The molecule has 3 aromatic rings. The van der Waals surface area contributed by atoms with Crippen LogP contribution in [0.25, 0.3) is 11.0 Å². The third-order valence-corrected chi connectivity index (χ3v) is 3.88. The van der Waals surface area contributed by atoms with Gasteiger partial charge in [0.1, 0.15) is 0 Å². The lowest BCUT2D eigenvalue weighted by Crippen LogP contribution is -2.39. The maximum Gasteiger partial charge on any atom is 0.323 e. The van der Waals surface area contributed by atoms with Crippen molar-refractivity contribution in [3.63, 3.8) is 0 Å². The monoisotopic (exact) mass is 351 g/mol. The molecule has 0 bridgehead atoms. The molecule has 1 heterocycles. The maximum atomic E-state index is 12.6. The van der Waals surface area contributed by atoms with Gasteiger partial charge in [-0.2, -0.15) is 10.2 Å². The van der Waals surface area contributed by atoms with Gasteiger partial charge in [0.15, 0.2) is 5.78 Å². The van der Waals surface area contributed by atoms with E-state index < -0.39 is 17.7 Å². The van der Waals surface area contributed by atoms with Crippen molar-refractivity contribution < 1.29 is 9.59 Å². The van der Waals surface area contributed by atoms with Gasteiger partial charge in [-0.3, -0.25) is 9.59 Å². The molecule has 2 N–H and O–H groups in total. The van der Waals surface area contributed by atoms with Gasteiger partial charge in [-0.1, -0.05) is 18.2 Å². The topological polar surface area (TPSA) is 111 Å². The van der Waals surface area contributed by atoms with Crippen molar-refractivity contribution >= 4 is 34.1 Å². The number of anilines is 1. The first-order valence-corrected chi connectivity index (χ1v) is 7.91. The minimum atomic E-state index is -1.24. The van der Waals surface area contributed by atoms with Crippen LogP contribution in [0.15, 0.2) is 63.6 Å². The van der Waals surface area contributed by atoms with Gasteiger partial charge < -0.3 is 14.9 Å². The zero-order valence-corrected chi connectivity index (χ0v) is 14.3. The average molecular weight is 351 g/mol. The summed E-state index contributed by atoms with van der Waals surface area (Å²) in [6.45, 7) is 1.30. The molecule has 8 nitrogen and oxygen atoms in total. The Morgan fingerprint density at radius 1 is 1.04 bits per heavy atom. The first-order valence-electron chi connectivity index (χ1n) is 7.91. The number of para-hydroxylation sites is 1. The molecule has 1 amide bonds. The fraction of sp³-hybridized carbons (Fsp3) is 0.167. The molecular formula is C18H17N5O3. The highest BCUT2D eigenvalue weighted by Gasteiger charge is 2.27. The summed E-state index contributed by atoms with van der Waals surface area (Å²) in [6, 6.07) is 12.7. The largest absolute Gasteiger partial charge is 0.323 e. The normalized spacial score (nSPS) is 12.4. The van der Waals surface area contributed by atoms with Crippen molar-refractivity contribution in [3.05, 3.63) is 59.0 Å². The summed E-state index contributed by atoms with van der Waals surface area (Å²) in [5.74, 6) is -0.874. The number of azo groups is 1. The summed E-state index contributed by atoms with van der Waals surface area (Å²) in [4.78, 5) is 42.4. The highest BCUT2D eigenvalue weighted by molar-refractivity contribution is 6.11. The second-order valence-electron chi connectivity index (χ2n) is 5.77. The zero-order valence-electron chi connectivity index (χ0n) is 14.3. The maximum absolute atomic E-state index is 12.6. The summed E-state index contributed by atoms with van der Waals surface area (Å²) in [5, 5.41) is 7.94. The average Bonchev–Trinajstić information content (AvgIpc) is 3.00. The Bertz CT molecular complexity index is 1040. The van der Waals surface area contributed by atoms with Crippen LogP contribution in [0.2, 0.25) is 0 Å². The molecule has 0 aliphatic carbocycles.